The van der Waals surface area contributed by atoms with Crippen LogP contribution in [0.25, 0.3) is 16.8 Å². The van der Waals surface area contributed by atoms with Crippen molar-refractivity contribution in [1.29, 1.82) is 0 Å². The van der Waals surface area contributed by atoms with Gasteiger partial charge >= 0.3 is 6.03 Å². The lowest BCUT2D eigenvalue weighted by Gasteiger charge is -2.07. The maximum Gasteiger partial charge on any atom is 0.321 e. The molecule has 0 saturated heterocycles. The molecule has 0 bridgehead atoms. The number of ketones is 1. The summed E-state index contributed by atoms with van der Waals surface area (Å²) in [6.07, 6.45) is 3.40. The van der Waals surface area contributed by atoms with Crippen molar-refractivity contribution in [1.82, 2.24) is 24.9 Å². The molecule has 3 aromatic heterocycles. The average molecular weight is 386 g/mol. The Morgan fingerprint density at radius 2 is 1.86 bits per heavy atom. The molecule has 3 heterocycles. The predicted molar refractivity (Wildman–Crippen MR) is 109 cm³/mol. The van der Waals surface area contributed by atoms with Gasteiger partial charge in [0.05, 0.1) is 0 Å². The number of urea groups is 1. The lowest BCUT2D eigenvalue weighted by atomic mass is 10.0. The number of carbonyl (C=O) groups is 2. The van der Waals surface area contributed by atoms with E-state index in [0.29, 0.717) is 23.4 Å². The zero-order chi connectivity index (χ0) is 20.2. The van der Waals surface area contributed by atoms with Crippen LogP contribution in [0, 0.1) is 0 Å². The van der Waals surface area contributed by atoms with E-state index in [1.54, 1.807) is 48.8 Å². The summed E-state index contributed by atoms with van der Waals surface area (Å²) >= 11 is 0. The molecule has 2 amide bonds. The molecule has 0 fully saturated rings. The molecule has 4 rings (SSSR count). The summed E-state index contributed by atoms with van der Waals surface area (Å²) < 4.78 is 1.44. The first-order valence-electron chi connectivity index (χ1n) is 9.11. The third-order valence-electron chi connectivity index (χ3n) is 4.26. The molecular weight excluding hydrogens is 368 g/mol. The Hall–Kier alpha value is -4.07. The number of amides is 2. The zero-order valence-electron chi connectivity index (χ0n) is 15.7. The van der Waals surface area contributed by atoms with Crippen molar-refractivity contribution in [3.8, 4) is 11.1 Å². The van der Waals surface area contributed by atoms with E-state index in [2.05, 4.69) is 25.7 Å². The monoisotopic (exact) mass is 386 g/mol. The maximum absolute atomic E-state index is 13.2. The molecule has 0 radical (unpaired) electrons. The number of pyridine rings is 2. The Morgan fingerprint density at radius 3 is 2.59 bits per heavy atom. The Morgan fingerprint density at radius 1 is 1.03 bits per heavy atom. The molecule has 144 valence electrons. The van der Waals surface area contributed by atoms with Gasteiger partial charge in [0.15, 0.2) is 5.65 Å². The summed E-state index contributed by atoms with van der Waals surface area (Å²) in [5.74, 6) is -0.0859. The number of hydrogen-bond acceptors (Lipinski definition) is 5. The van der Waals surface area contributed by atoms with Crippen LogP contribution in [0.4, 0.5) is 10.7 Å². The van der Waals surface area contributed by atoms with E-state index < -0.39 is 6.03 Å². The summed E-state index contributed by atoms with van der Waals surface area (Å²) in [5.41, 5.74) is 2.94. The van der Waals surface area contributed by atoms with Crippen molar-refractivity contribution in [3.63, 3.8) is 0 Å². The van der Waals surface area contributed by atoms with Crippen LogP contribution >= 0.6 is 0 Å². The van der Waals surface area contributed by atoms with Gasteiger partial charge in [-0.15, -0.1) is 5.10 Å². The highest BCUT2D eigenvalue weighted by atomic mass is 16.2. The lowest BCUT2D eigenvalue weighted by molar-refractivity contribution is 0.103. The molecular formula is C21H18N6O2. The lowest BCUT2D eigenvalue weighted by Crippen LogP contribution is -2.28. The van der Waals surface area contributed by atoms with E-state index in [-0.39, 0.29) is 11.7 Å². The van der Waals surface area contributed by atoms with Gasteiger partial charge in [-0.25, -0.2) is 9.31 Å². The zero-order valence-corrected chi connectivity index (χ0v) is 15.7. The van der Waals surface area contributed by atoms with E-state index in [1.165, 1.54) is 4.52 Å². The Balaban J connectivity index is 1.85. The van der Waals surface area contributed by atoms with Crippen molar-refractivity contribution in [2.24, 2.45) is 0 Å². The molecule has 0 unspecified atom stereocenters. The Kier molecular flexibility index (Phi) is 4.98. The predicted octanol–water partition coefficient (Wildman–Crippen LogP) is 3.16. The summed E-state index contributed by atoms with van der Waals surface area (Å²) in [6.45, 7) is 2.29. The van der Waals surface area contributed by atoms with Gasteiger partial charge in [0.1, 0.15) is 5.69 Å². The molecule has 0 spiro atoms. The topological polar surface area (TPSA) is 101 Å². The van der Waals surface area contributed by atoms with Crippen LogP contribution in [-0.4, -0.2) is 37.9 Å². The van der Waals surface area contributed by atoms with E-state index in [1.807, 2.05) is 25.1 Å². The van der Waals surface area contributed by atoms with E-state index >= 15 is 0 Å². The fraction of sp³-hybridized carbons (Fsp3) is 0.0952. The molecule has 0 saturated carbocycles. The molecule has 0 aliphatic heterocycles. The summed E-state index contributed by atoms with van der Waals surface area (Å²) in [5, 5.41) is 9.52. The normalized spacial score (nSPS) is 10.7. The van der Waals surface area contributed by atoms with Crippen molar-refractivity contribution in [2.75, 3.05) is 11.9 Å². The van der Waals surface area contributed by atoms with Gasteiger partial charge in [-0.2, -0.15) is 4.98 Å². The van der Waals surface area contributed by atoms with Crippen LogP contribution in [0.3, 0.4) is 0 Å². The molecule has 0 aliphatic rings. The fourth-order valence-electron chi connectivity index (χ4n) is 2.94. The minimum atomic E-state index is -0.410. The quantitative estimate of drug-likeness (QED) is 0.513. The third-order valence-corrected chi connectivity index (χ3v) is 4.26. The highest BCUT2D eigenvalue weighted by Crippen LogP contribution is 2.24. The number of anilines is 1. The van der Waals surface area contributed by atoms with Gasteiger partial charge in [0.25, 0.3) is 5.95 Å². The number of fused-ring (bicyclic) bond motifs is 1. The van der Waals surface area contributed by atoms with Crippen molar-refractivity contribution >= 4 is 23.4 Å². The Bertz CT molecular complexity index is 1170. The van der Waals surface area contributed by atoms with Gasteiger partial charge in [-0.3, -0.25) is 15.1 Å². The largest absolute Gasteiger partial charge is 0.338 e. The van der Waals surface area contributed by atoms with E-state index in [4.69, 9.17) is 0 Å². The van der Waals surface area contributed by atoms with Gasteiger partial charge in [-0.05, 0) is 30.7 Å². The standard InChI is InChI=1S/C21H18N6O2/c1-2-23-21(29)25-20-24-18-12-16(15-9-6-10-22-13-15)11-17(27(18)26-20)19(28)14-7-4-3-5-8-14/h3-13H,2H2,1H3,(H2,23,25,26,29). The highest BCUT2D eigenvalue weighted by molar-refractivity contribution is 6.08. The smallest absolute Gasteiger partial charge is 0.321 e. The molecule has 4 aromatic rings. The van der Waals surface area contributed by atoms with Crippen LogP contribution in [0.15, 0.2) is 67.0 Å². The molecule has 29 heavy (non-hydrogen) atoms. The number of carbonyl (C=O) groups excluding carboxylic acids is 2. The molecule has 2 N–H and O–H groups in total. The first-order chi connectivity index (χ1) is 14.2. The summed E-state index contributed by atoms with van der Waals surface area (Å²) in [7, 11) is 0. The number of aromatic nitrogens is 4. The molecule has 8 heteroatoms. The molecule has 1 aromatic carbocycles. The third kappa shape index (κ3) is 3.81. The number of benzene rings is 1. The number of rotatable bonds is 5. The van der Waals surface area contributed by atoms with E-state index in [9.17, 15) is 9.59 Å². The maximum atomic E-state index is 13.2. The second-order valence-corrected chi connectivity index (χ2v) is 6.26. The summed E-state index contributed by atoms with van der Waals surface area (Å²) in [4.78, 5) is 33.5. The summed E-state index contributed by atoms with van der Waals surface area (Å²) in [6, 6.07) is 15.8. The SMILES string of the molecule is CCNC(=O)Nc1nc2cc(-c3cccnc3)cc(C(=O)c3ccccc3)n2n1. The van der Waals surface area contributed by atoms with Crippen molar-refractivity contribution < 1.29 is 9.59 Å². The van der Waals surface area contributed by atoms with Crippen LogP contribution in [-0.2, 0) is 0 Å². The molecule has 8 nitrogen and oxygen atoms in total. The molecule has 0 aliphatic carbocycles. The number of nitrogens with one attached hydrogen (secondary N) is 2. The first-order valence-corrected chi connectivity index (χ1v) is 9.11. The average Bonchev–Trinajstić information content (AvgIpc) is 3.16. The van der Waals surface area contributed by atoms with E-state index in [0.717, 1.165) is 11.1 Å². The molecule has 0 atom stereocenters. The Labute approximate surface area is 166 Å². The van der Waals surface area contributed by atoms with Gasteiger partial charge in [0.2, 0.25) is 5.78 Å². The van der Waals surface area contributed by atoms with Gasteiger partial charge < -0.3 is 5.32 Å². The minimum absolute atomic E-state index is 0.112. The van der Waals surface area contributed by atoms with Gasteiger partial charge in [-0.1, -0.05) is 36.4 Å². The van der Waals surface area contributed by atoms with Crippen LogP contribution in [0.5, 0.6) is 0 Å². The van der Waals surface area contributed by atoms with Crippen LogP contribution in [0.1, 0.15) is 23.0 Å². The number of nitrogens with zero attached hydrogens (tertiary/aromatic N) is 4. The first kappa shape index (κ1) is 18.3. The second-order valence-electron chi connectivity index (χ2n) is 6.26. The second kappa shape index (κ2) is 7.89. The van der Waals surface area contributed by atoms with Crippen molar-refractivity contribution in [2.45, 2.75) is 6.92 Å². The van der Waals surface area contributed by atoms with Crippen LogP contribution < -0.4 is 10.6 Å². The van der Waals surface area contributed by atoms with Gasteiger partial charge in [0, 0.05) is 30.1 Å². The highest BCUT2D eigenvalue weighted by Gasteiger charge is 2.18. The van der Waals surface area contributed by atoms with Crippen molar-refractivity contribution in [3.05, 3.63) is 78.2 Å². The number of hydrogen-bond donors (Lipinski definition) is 2. The fourth-order valence-corrected chi connectivity index (χ4v) is 2.94. The minimum Gasteiger partial charge on any atom is -0.338 e. The van der Waals surface area contributed by atoms with Crippen LogP contribution in [0.2, 0.25) is 0 Å².